The molecule has 138 valence electrons. The fourth-order valence-electron chi connectivity index (χ4n) is 2.54. The van der Waals surface area contributed by atoms with Gasteiger partial charge < -0.3 is 15.4 Å². The van der Waals surface area contributed by atoms with Gasteiger partial charge in [-0.1, -0.05) is 12.1 Å². The van der Waals surface area contributed by atoms with Crippen LogP contribution in [0.2, 0.25) is 0 Å². The number of fused-ring (bicyclic) bond motifs is 2. The number of nitrogens with one attached hydrogen (secondary N) is 2. The molecule has 0 atom stereocenters. The number of pyridine rings is 1. The highest BCUT2D eigenvalue weighted by molar-refractivity contribution is 5.90. The van der Waals surface area contributed by atoms with E-state index in [4.69, 9.17) is 4.74 Å². The van der Waals surface area contributed by atoms with E-state index in [9.17, 15) is 4.79 Å². The third-order valence-electron chi connectivity index (χ3n) is 3.84. The summed E-state index contributed by atoms with van der Waals surface area (Å²) in [4.78, 5) is 28.7. The van der Waals surface area contributed by atoms with Crippen LogP contribution in [0.3, 0.4) is 0 Å². The standard InChI is InChI=1S/C20H16N6O2/c27-18-7-3-12-28-16-6-2-1-5-14(16)25-20-19-15(23-13-24-20)8-9-17(26-19)21-10-4-11-22-18/h1-6,8-13H,7H2,(H,21,26)(H,23,24,25)/b10-4+,12-3+,22-11+. The van der Waals surface area contributed by atoms with Gasteiger partial charge in [-0.05, 0) is 36.4 Å². The maximum atomic E-state index is 11.7. The number of carbonyl (C=O) groups is 1. The van der Waals surface area contributed by atoms with Crippen molar-refractivity contribution < 1.29 is 9.53 Å². The van der Waals surface area contributed by atoms with E-state index >= 15 is 0 Å². The van der Waals surface area contributed by atoms with Crippen LogP contribution in [0.1, 0.15) is 6.42 Å². The summed E-state index contributed by atoms with van der Waals surface area (Å²) in [6.45, 7) is 0. The highest BCUT2D eigenvalue weighted by Crippen LogP contribution is 2.29. The van der Waals surface area contributed by atoms with Gasteiger partial charge in [0, 0.05) is 12.4 Å². The summed E-state index contributed by atoms with van der Waals surface area (Å²) in [5, 5.41) is 6.29. The molecule has 3 aromatic rings. The number of para-hydroxylation sites is 2. The van der Waals surface area contributed by atoms with Crippen LogP contribution >= 0.6 is 0 Å². The minimum absolute atomic E-state index is 0.141. The number of anilines is 3. The molecule has 3 heterocycles. The van der Waals surface area contributed by atoms with Crippen LogP contribution in [-0.2, 0) is 4.79 Å². The van der Waals surface area contributed by atoms with Crippen LogP contribution in [0.15, 0.2) is 72.3 Å². The summed E-state index contributed by atoms with van der Waals surface area (Å²) in [5.41, 5.74) is 2.02. The smallest absolute Gasteiger partial charge is 0.249 e. The number of amides is 1. The van der Waals surface area contributed by atoms with Crippen molar-refractivity contribution in [1.29, 1.82) is 0 Å². The quantitative estimate of drug-likeness (QED) is 0.622. The number of benzene rings is 1. The molecule has 0 aliphatic carbocycles. The fourth-order valence-corrected chi connectivity index (χ4v) is 2.54. The minimum Gasteiger partial charge on any atom is -0.463 e. The number of allylic oxidation sites excluding steroid dienone is 1. The van der Waals surface area contributed by atoms with Gasteiger partial charge in [0.25, 0.3) is 0 Å². The maximum absolute atomic E-state index is 11.7. The van der Waals surface area contributed by atoms with E-state index in [2.05, 4.69) is 30.6 Å². The first-order valence-corrected chi connectivity index (χ1v) is 8.58. The number of aliphatic imine (C=N–C) groups is 1. The molecule has 2 aromatic heterocycles. The molecule has 8 heteroatoms. The van der Waals surface area contributed by atoms with Crippen molar-refractivity contribution in [2.75, 3.05) is 10.6 Å². The number of rotatable bonds is 0. The van der Waals surface area contributed by atoms with Crippen molar-refractivity contribution in [3.8, 4) is 5.75 Å². The van der Waals surface area contributed by atoms with Crippen molar-refractivity contribution in [2.24, 2.45) is 4.99 Å². The summed E-state index contributed by atoms with van der Waals surface area (Å²) >= 11 is 0. The van der Waals surface area contributed by atoms with Gasteiger partial charge in [-0.2, -0.15) is 0 Å². The number of aromatic nitrogens is 3. The predicted molar refractivity (Wildman–Crippen MR) is 108 cm³/mol. The fraction of sp³-hybridized carbons (Fsp3) is 0.0500. The van der Waals surface area contributed by atoms with E-state index in [-0.39, 0.29) is 12.3 Å². The van der Waals surface area contributed by atoms with Gasteiger partial charge >= 0.3 is 0 Å². The minimum atomic E-state index is -0.276. The first-order chi connectivity index (χ1) is 13.8. The molecule has 0 unspecified atom stereocenters. The number of hydrogen-bond donors (Lipinski definition) is 2. The number of hydrogen-bond acceptors (Lipinski definition) is 7. The Hall–Kier alpha value is -4.07. The predicted octanol–water partition coefficient (Wildman–Crippen LogP) is 3.59. The molecule has 2 bridgehead atoms. The zero-order chi connectivity index (χ0) is 19.2. The normalized spacial score (nSPS) is 17.5. The lowest BCUT2D eigenvalue weighted by Gasteiger charge is -2.12. The van der Waals surface area contributed by atoms with Crippen LogP contribution in [0.5, 0.6) is 5.75 Å². The Morgan fingerprint density at radius 1 is 1.07 bits per heavy atom. The SMILES string of the molecule is O=C1C/C=C/Oc2ccccc2Nc2ncnc3ccc(nc23)N/C=C/C=N/1. The van der Waals surface area contributed by atoms with E-state index < -0.39 is 0 Å². The summed E-state index contributed by atoms with van der Waals surface area (Å²) in [5.74, 6) is 1.47. The van der Waals surface area contributed by atoms with Gasteiger partial charge in [-0.15, -0.1) is 0 Å². The Bertz CT molecular complexity index is 1110. The average Bonchev–Trinajstić information content (AvgIpc) is 2.72. The van der Waals surface area contributed by atoms with Gasteiger partial charge in [-0.3, -0.25) is 4.79 Å². The van der Waals surface area contributed by atoms with Gasteiger partial charge in [0.1, 0.15) is 23.4 Å². The lowest BCUT2D eigenvalue weighted by molar-refractivity contribution is -0.116. The average molecular weight is 372 g/mol. The molecule has 1 aliphatic heterocycles. The molecule has 0 saturated carbocycles. The molecule has 1 amide bonds. The molecule has 0 radical (unpaired) electrons. The Kier molecular flexibility index (Phi) is 5.01. The van der Waals surface area contributed by atoms with Crippen LogP contribution < -0.4 is 15.4 Å². The summed E-state index contributed by atoms with van der Waals surface area (Å²) in [6, 6.07) is 11.1. The Morgan fingerprint density at radius 2 is 2.00 bits per heavy atom. The highest BCUT2D eigenvalue weighted by atomic mass is 16.5. The second-order valence-electron chi connectivity index (χ2n) is 5.78. The number of carbonyl (C=O) groups excluding carboxylic acids is 1. The zero-order valence-corrected chi connectivity index (χ0v) is 14.7. The molecule has 2 N–H and O–H groups in total. The van der Waals surface area contributed by atoms with Crippen molar-refractivity contribution >= 4 is 40.5 Å². The molecule has 1 aliphatic rings. The van der Waals surface area contributed by atoms with Gasteiger partial charge in [0.05, 0.1) is 23.9 Å². The Morgan fingerprint density at radius 3 is 2.96 bits per heavy atom. The molecule has 0 fully saturated rings. The number of nitrogens with zero attached hydrogens (tertiary/aromatic N) is 4. The first kappa shape index (κ1) is 17.3. The lowest BCUT2D eigenvalue weighted by atomic mass is 10.2. The van der Waals surface area contributed by atoms with Gasteiger partial charge in [-0.25, -0.2) is 19.9 Å². The molecule has 4 rings (SSSR count). The molecular formula is C20H16N6O2. The molecular weight excluding hydrogens is 356 g/mol. The van der Waals surface area contributed by atoms with E-state index in [1.807, 2.05) is 30.3 Å². The highest BCUT2D eigenvalue weighted by Gasteiger charge is 2.09. The largest absolute Gasteiger partial charge is 0.463 e. The van der Waals surface area contributed by atoms with Crippen LogP contribution in [0.25, 0.3) is 11.0 Å². The lowest BCUT2D eigenvalue weighted by Crippen LogP contribution is -2.00. The monoisotopic (exact) mass is 372 g/mol. The van der Waals surface area contributed by atoms with E-state index in [0.29, 0.717) is 34.1 Å². The van der Waals surface area contributed by atoms with Crippen molar-refractivity contribution in [3.63, 3.8) is 0 Å². The molecule has 0 saturated heterocycles. The molecule has 0 spiro atoms. The van der Waals surface area contributed by atoms with Gasteiger partial charge in [0.2, 0.25) is 5.91 Å². The van der Waals surface area contributed by atoms with E-state index in [0.717, 1.165) is 0 Å². The van der Waals surface area contributed by atoms with Crippen LogP contribution in [0.4, 0.5) is 17.3 Å². The van der Waals surface area contributed by atoms with Crippen LogP contribution in [0, 0.1) is 0 Å². The summed E-state index contributed by atoms with van der Waals surface area (Å²) in [7, 11) is 0. The van der Waals surface area contributed by atoms with Gasteiger partial charge in [0.15, 0.2) is 5.82 Å². The zero-order valence-electron chi connectivity index (χ0n) is 14.7. The van der Waals surface area contributed by atoms with Crippen LogP contribution in [-0.4, -0.2) is 27.1 Å². The molecule has 1 aromatic carbocycles. The van der Waals surface area contributed by atoms with E-state index in [1.165, 1.54) is 18.8 Å². The first-order valence-electron chi connectivity index (χ1n) is 8.58. The summed E-state index contributed by atoms with van der Waals surface area (Å²) < 4.78 is 5.68. The molecule has 8 nitrogen and oxygen atoms in total. The topological polar surface area (TPSA) is 101 Å². The van der Waals surface area contributed by atoms with E-state index in [1.54, 1.807) is 24.4 Å². The second kappa shape index (κ2) is 8.09. The van der Waals surface area contributed by atoms with Crippen molar-refractivity contribution in [1.82, 2.24) is 15.0 Å². The van der Waals surface area contributed by atoms with Crippen molar-refractivity contribution in [2.45, 2.75) is 6.42 Å². The third kappa shape index (κ3) is 4.01. The third-order valence-corrected chi connectivity index (χ3v) is 3.84. The number of ether oxygens (including phenoxy) is 1. The van der Waals surface area contributed by atoms with Crippen molar-refractivity contribution in [3.05, 3.63) is 67.3 Å². The molecule has 28 heavy (non-hydrogen) atoms. The Balaban J connectivity index is 1.78. The second-order valence-corrected chi connectivity index (χ2v) is 5.78. The maximum Gasteiger partial charge on any atom is 0.249 e. The Labute approximate surface area is 160 Å². The summed E-state index contributed by atoms with van der Waals surface area (Å²) in [6.07, 6.45) is 9.40.